The molecule has 7 nitrogen and oxygen atoms in total. The van der Waals surface area contributed by atoms with Crippen LogP contribution in [0.3, 0.4) is 0 Å². The molecule has 0 N–H and O–H groups in total. The molecule has 2 unspecified atom stereocenters. The van der Waals surface area contributed by atoms with Gasteiger partial charge >= 0.3 is 0 Å². The maximum atomic E-state index is 13.6. The molecule has 2 aliphatic heterocycles. The Labute approximate surface area is 228 Å². The Morgan fingerprint density at radius 1 is 0.974 bits per heavy atom. The first-order valence-electron chi connectivity index (χ1n) is 13.1. The Kier molecular flexibility index (Phi) is 7.72. The van der Waals surface area contributed by atoms with Crippen LogP contribution >= 0.6 is 11.3 Å². The van der Waals surface area contributed by atoms with Crippen LogP contribution in [-0.4, -0.2) is 79.5 Å². The van der Waals surface area contributed by atoms with E-state index in [1.54, 1.807) is 43.8 Å². The van der Waals surface area contributed by atoms with E-state index in [9.17, 15) is 9.59 Å². The highest BCUT2D eigenvalue weighted by molar-refractivity contribution is 7.10. The van der Waals surface area contributed by atoms with E-state index in [-0.39, 0.29) is 23.9 Å². The number of aryl methyl sites for hydroxylation is 1. The van der Waals surface area contributed by atoms with Crippen molar-refractivity contribution in [3.8, 4) is 11.5 Å². The molecule has 2 aliphatic rings. The minimum Gasteiger partial charge on any atom is -0.496 e. The van der Waals surface area contributed by atoms with Crippen molar-refractivity contribution in [2.75, 3.05) is 46.9 Å². The molecule has 2 atom stereocenters. The van der Waals surface area contributed by atoms with Crippen molar-refractivity contribution in [2.24, 2.45) is 0 Å². The van der Waals surface area contributed by atoms with Crippen LogP contribution in [0.1, 0.15) is 44.9 Å². The number of thiophene rings is 1. The van der Waals surface area contributed by atoms with Crippen LogP contribution < -0.4 is 9.47 Å². The smallest absolute Gasteiger partial charge is 0.261 e. The Bertz CT molecular complexity index is 1280. The number of hydrogen-bond donors (Lipinski definition) is 0. The largest absolute Gasteiger partial charge is 0.496 e. The van der Waals surface area contributed by atoms with Crippen molar-refractivity contribution in [3.05, 3.63) is 81.0 Å². The number of carbonyl (C=O) groups is 2. The zero-order valence-electron chi connectivity index (χ0n) is 22.5. The van der Waals surface area contributed by atoms with E-state index in [1.807, 2.05) is 16.7 Å². The van der Waals surface area contributed by atoms with Gasteiger partial charge in [0.1, 0.15) is 17.1 Å². The van der Waals surface area contributed by atoms with Gasteiger partial charge in [0.15, 0.2) is 0 Å². The molecule has 2 aromatic carbocycles. The SMILES string of the molecule is COc1cccc(OC)c1C(=O)N1CCN(C(=O)CN2CCc3sccc3C2c2ccc(C)cc2)CC1C. The van der Waals surface area contributed by atoms with Crippen LogP contribution in [-0.2, 0) is 11.2 Å². The maximum Gasteiger partial charge on any atom is 0.261 e. The van der Waals surface area contributed by atoms with Gasteiger partial charge in [0, 0.05) is 37.1 Å². The van der Waals surface area contributed by atoms with Crippen LogP contribution in [0.2, 0.25) is 0 Å². The van der Waals surface area contributed by atoms with Crippen LogP contribution in [0.25, 0.3) is 0 Å². The normalized spacial score (nSPS) is 19.7. The van der Waals surface area contributed by atoms with Gasteiger partial charge in [-0.2, -0.15) is 0 Å². The molecular weight excluding hydrogens is 498 g/mol. The van der Waals surface area contributed by atoms with Gasteiger partial charge < -0.3 is 19.3 Å². The number of amides is 2. The molecule has 2 amide bonds. The molecule has 3 heterocycles. The zero-order valence-corrected chi connectivity index (χ0v) is 23.3. The van der Waals surface area contributed by atoms with Gasteiger partial charge in [-0.25, -0.2) is 0 Å². The summed E-state index contributed by atoms with van der Waals surface area (Å²) in [7, 11) is 3.10. The summed E-state index contributed by atoms with van der Waals surface area (Å²) < 4.78 is 10.9. The lowest BCUT2D eigenvalue weighted by atomic mass is 9.92. The topological polar surface area (TPSA) is 62.3 Å². The van der Waals surface area contributed by atoms with E-state index in [0.717, 1.165) is 13.0 Å². The average molecular weight is 534 g/mol. The van der Waals surface area contributed by atoms with E-state index in [2.05, 4.69) is 47.5 Å². The van der Waals surface area contributed by atoms with E-state index >= 15 is 0 Å². The van der Waals surface area contributed by atoms with E-state index in [0.29, 0.717) is 43.2 Å². The van der Waals surface area contributed by atoms with E-state index in [4.69, 9.17) is 9.47 Å². The van der Waals surface area contributed by atoms with Crippen LogP contribution in [0, 0.1) is 6.92 Å². The van der Waals surface area contributed by atoms with Crippen molar-refractivity contribution >= 4 is 23.2 Å². The third kappa shape index (κ3) is 5.02. The highest BCUT2D eigenvalue weighted by Gasteiger charge is 2.35. The fourth-order valence-electron chi connectivity index (χ4n) is 5.64. The molecule has 1 aromatic heterocycles. The summed E-state index contributed by atoms with van der Waals surface area (Å²) in [5.74, 6) is 0.939. The number of piperazine rings is 1. The summed E-state index contributed by atoms with van der Waals surface area (Å²) >= 11 is 1.81. The van der Waals surface area contributed by atoms with Crippen molar-refractivity contribution < 1.29 is 19.1 Å². The standard InChI is InChI=1S/C30H35N3O4S/c1-20-8-10-22(11-9-20)29-23-13-17-38-26(23)12-14-32(29)19-27(34)31-15-16-33(21(2)18-31)30(35)28-24(36-3)6-5-7-25(28)37-4/h5-11,13,17,21,29H,12,14-16,18-19H2,1-4H3. The summed E-state index contributed by atoms with van der Waals surface area (Å²) in [4.78, 5) is 34.6. The number of carbonyl (C=O) groups excluding carboxylic acids is 2. The van der Waals surface area contributed by atoms with Gasteiger partial charge in [0.25, 0.3) is 5.91 Å². The number of methoxy groups -OCH3 is 2. The number of fused-ring (bicyclic) bond motifs is 1. The predicted octanol–water partition coefficient (Wildman–Crippen LogP) is 4.39. The van der Waals surface area contributed by atoms with Crippen molar-refractivity contribution in [1.82, 2.24) is 14.7 Å². The molecule has 0 saturated carbocycles. The van der Waals surface area contributed by atoms with Crippen LogP contribution in [0.15, 0.2) is 53.9 Å². The van der Waals surface area contributed by atoms with Gasteiger partial charge in [0.05, 0.1) is 26.8 Å². The van der Waals surface area contributed by atoms with Crippen molar-refractivity contribution in [2.45, 2.75) is 32.4 Å². The first-order valence-corrected chi connectivity index (χ1v) is 14.0. The lowest BCUT2D eigenvalue weighted by Crippen LogP contribution is -2.57. The lowest BCUT2D eigenvalue weighted by molar-refractivity contribution is -0.135. The molecular formula is C30H35N3O4S. The molecule has 0 radical (unpaired) electrons. The number of nitrogens with zero attached hydrogens (tertiary/aromatic N) is 3. The van der Waals surface area contributed by atoms with E-state index < -0.39 is 0 Å². The minimum absolute atomic E-state index is 0.0767. The molecule has 38 heavy (non-hydrogen) atoms. The summed E-state index contributed by atoms with van der Waals surface area (Å²) in [6.07, 6.45) is 0.960. The maximum absolute atomic E-state index is 13.6. The van der Waals surface area contributed by atoms with Crippen LogP contribution in [0.5, 0.6) is 11.5 Å². The first-order chi connectivity index (χ1) is 18.4. The Balaban J connectivity index is 1.29. The Morgan fingerprint density at radius 2 is 1.68 bits per heavy atom. The second-order valence-corrected chi connectivity index (χ2v) is 11.1. The number of hydrogen-bond acceptors (Lipinski definition) is 6. The summed E-state index contributed by atoms with van der Waals surface area (Å²) in [6, 6.07) is 16.1. The highest BCUT2D eigenvalue weighted by atomic mass is 32.1. The molecule has 0 bridgehead atoms. The fourth-order valence-corrected chi connectivity index (χ4v) is 6.55. The van der Waals surface area contributed by atoms with Gasteiger partial charge in [0.2, 0.25) is 5.91 Å². The number of rotatable bonds is 6. The number of ether oxygens (including phenoxy) is 2. The Hall–Kier alpha value is -3.36. The van der Waals surface area contributed by atoms with Crippen molar-refractivity contribution in [3.63, 3.8) is 0 Å². The second kappa shape index (κ2) is 11.2. The van der Waals surface area contributed by atoms with E-state index in [1.165, 1.54) is 21.6 Å². The lowest BCUT2D eigenvalue weighted by Gasteiger charge is -2.42. The van der Waals surface area contributed by atoms with Crippen molar-refractivity contribution in [1.29, 1.82) is 0 Å². The predicted molar refractivity (Wildman–Crippen MR) is 149 cm³/mol. The molecule has 8 heteroatoms. The number of benzene rings is 2. The third-order valence-electron chi connectivity index (χ3n) is 7.68. The summed E-state index contributed by atoms with van der Waals surface area (Å²) in [5.41, 5.74) is 4.18. The third-order valence-corrected chi connectivity index (χ3v) is 8.68. The average Bonchev–Trinajstić information content (AvgIpc) is 3.41. The summed E-state index contributed by atoms with van der Waals surface area (Å²) in [6.45, 7) is 6.75. The first kappa shape index (κ1) is 26.3. The summed E-state index contributed by atoms with van der Waals surface area (Å²) in [5, 5.41) is 2.16. The second-order valence-electron chi connectivity index (χ2n) is 10.1. The molecule has 0 spiro atoms. The van der Waals surface area contributed by atoms with Gasteiger partial charge in [-0.15, -0.1) is 11.3 Å². The monoisotopic (exact) mass is 533 g/mol. The quantitative estimate of drug-likeness (QED) is 0.470. The Morgan fingerprint density at radius 3 is 2.34 bits per heavy atom. The molecule has 0 aliphatic carbocycles. The molecule has 5 rings (SSSR count). The highest BCUT2D eigenvalue weighted by Crippen LogP contribution is 2.38. The van der Waals surface area contributed by atoms with Gasteiger partial charge in [-0.1, -0.05) is 35.9 Å². The molecule has 200 valence electrons. The van der Waals surface area contributed by atoms with Crippen LogP contribution in [0.4, 0.5) is 0 Å². The molecule has 3 aromatic rings. The van der Waals surface area contributed by atoms with Gasteiger partial charge in [-0.3, -0.25) is 14.5 Å². The molecule has 1 fully saturated rings. The fraction of sp³-hybridized carbons (Fsp3) is 0.400. The molecule has 1 saturated heterocycles. The van der Waals surface area contributed by atoms with Gasteiger partial charge in [-0.05, 0) is 55.0 Å². The minimum atomic E-state index is -0.139. The zero-order chi connectivity index (χ0) is 26.8.